The van der Waals surface area contributed by atoms with Gasteiger partial charge in [0.25, 0.3) is 0 Å². The highest BCUT2D eigenvalue weighted by Gasteiger charge is 2.37. The summed E-state index contributed by atoms with van der Waals surface area (Å²) in [7, 11) is -3.15. The zero-order valence-corrected chi connectivity index (χ0v) is 11.9. The maximum atomic E-state index is 12.2. The summed E-state index contributed by atoms with van der Waals surface area (Å²) in [5, 5.41) is 3.30. The molecule has 1 aromatic rings. The molecule has 0 saturated heterocycles. The molecule has 2 rings (SSSR count). The molecule has 0 aliphatic heterocycles. The Morgan fingerprint density at radius 2 is 1.94 bits per heavy atom. The van der Waals surface area contributed by atoms with E-state index in [9.17, 15) is 8.42 Å². The Morgan fingerprint density at radius 3 is 2.56 bits per heavy atom. The van der Waals surface area contributed by atoms with Crippen LogP contribution in [0.2, 0.25) is 0 Å². The lowest BCUT2D eigenvalue weighted by molar-refractivity contribution is 0.592. The van der Waals surface area contributed by atoms with Crippen molar-refractivity contribution in [3.8, 4) is 0 Å². The van der Waals surface area contributed by atoms with Crippen LogP contribution in [0.4, 0.5) is 5.69 Å². The summed E-state index contributed by atoms with van der Waals surface area (Å²) >= 11 is 0. The molecule has 0 heterocycles. The highest BCUT2D eigenvalue weighted by molar-refractivity contribution is 7.91. The zero-order valence-electron chi connectivity index (χ0n) is 11.1. The number of anilines is 1. The molecule has 0 spiro atoms. The van der Waals surface area contributed by atoms with Gasteiger partial charge in [-0.25, -0.2) is 8.42 Å². The van der Waals surface area contributed by atoms with Gasteiger partial charge < -0.3 is 5.32 Å². The van der Waals surface area contributed by atoms with Crippen LogP contribution in [0.5, 0.6) is 0 Å². The second-order valence-corrected chi connectivity index (χ2v) is 7.56. The highest BCUT2D eigenvalue weighted by atomic mass is 32.2. The lowest BCUT2D eigenvalue weighted by atomic mass is 10.1. The Balaban J connectivity index is 2.19. The van der Waals surface area contributed by atoms with Gasteiger partial charge in [-0.1, -0.05) is 26.0 Å². The molecule has 1 saturated carbocycles. The maximum absolute atomic E-state index is 12.2. The summed E-state index contributed by atoms with van der Waals surface area (Å²) in [6, 6.07) is 7.21. The van der Waals surface area contributed by atoms with Gasteiger partial charge in [0, 0.05) is 6.54 Å². The van der Waals surface area contributed by atoms with E-state index >= 15 is 0 Å². The fourth-order valence-corrected chi connectivity index (χ4v) is 3.48. The van der Waals surface area contributed by atoms with E-state index in [0.29, 0.717) is 16.7 Å². The van der Waals surface area contributed by atoms with Crippen LogP contribution >= 0.6 is 0 Å². The third-order valence-corrected chi connectivity index (χ3v) is 5.48. The topological polar surface area (TPSA) is 46.2 Å². The van der Waals surface area contributed by atoms with Gasteiger partial charge in [0.1, 0.15) is 0 Å². The Bertz CT molecular complexity index is 518. The predicted molar refractivity (Wildman–Crippen MR) is 74.6 cm³/mol. The zero-order chi connectivity index (χ0) is 13.2. The molecule has 18 heavy (non-hydrogen) atoms. The minimum atomic E-state index is -3.15. The largest absolute Gasteiger partial charge is 0.383 e. The maximum Gasteiger partial charge on any atom is 0.180 e. The van der Waals surface area contributed by atoms with E-state index in [1.165, 1.54) is 12.8 Å². The van der Waals surface area contributed by atoms with Crippen LogP contribution in [0, 0.1) is 5.41 Å². The second kappa shape index (κ2) is 4.92. The van der Waals surface area contributed by atoms with Crippen molar-refractivity contribution in [3.63, 3.8) is 0 Å². The summed E-state index contributed by atoms with van der Waals surface area (Å²) < 4.78 is 24.3. The average Bonchev–Trinajstić information content (AvgIpc) is 3.06. The molecule has 1 aliphatic rings. The van der Waals surface area contributed by atoms with E-state index in [1.54, 1.807) is 12.1 Å². The molecule has 1 fully saturated rings. The Hall–Kier alpha value is -1.03. The van der Waals surface area contributed by atoms with Gasteiger partial charge in [0.05, 0.1) is 16.3 Å². The second-order valence-electron chi connectivity index (χ2n) is 5.48. The lowest BCUT2D eigenvalue weighted by Gasteiger charge is -2.15. The summed E-state index contributed by atoms with van der Waals surface area (Å²) in [4.78, 5) is 0.441. The first-order valence-electron chi connectivity index (χ1n) is 6.52. The van der Waals surface area contributed by atoms with Gasteiger partial charge in [-0.15, -0.1) is 0 Å². The molecule has 100 valence electrons. The number of hydrogen-bond acceptors (Lipinski definition) is 3. The van der Waals surface area contributed by atoms with Crippen molar-refractivity contribution in [1.82, 2.24) is 0 Å². The van der Waals surface area contributed by atoms with Crippen LogP contribution < -0.4 is 5.32 Å². The first-order chi connectivity index (χ1) is 8.47. The van der Waals surface area contributed by atoms with Gasteiger partial charge >= 0.3 is 0 Å². The Kier molecular flexibility index (Phi) is 3.66. The Labute approximate surface area is 110 Å². The predicted octanol–water partition coefficient (Wildman–Crippen LogP) is 3.08. The van der Waals surface area contributed by atoms with Gasteiger partial charge in [-0.05, 0) is 36.8 Å². The first-order valence-corrected chi connectivity index (χ1v) is 8.18. The molecular formula is C14H21NO2S. The summed E-state index contributed by atoms with van der Waals surface area (Å²) in [6.45, 7) is 4.97. The van der Waals surface area contributed by atoms with Crippen molar-refractivity contribution in [3.05, 3.63) is 24.3 Å². The lowest BCUT2D eigenvalue weighted by Crippen LogP contribution is -2.15. The number of nitrogens with one attached hydrogen (secondary N) is 1. The van der Waals surface area contributed by atoms with Crippen molar-refractivity contribution in [1.29, 1.82) is 0 Å². The molecule has 1 N–H and O–H groups in total. The van der Waals surface area contributed by atoms with Crippen LogP contribution in [0.15, 0.2) is 29.2 Å². The summed E-state index contributed by atoms with van der Waals surface area (Å²) in [6.07, 6.45) is 3.10. The van der Waals surface area contributed by atoms with E-state index in [-0.39, 0.29) is 5.75 Å². The van der Waals surface area contributed by atoms with Gasteiger partial charge in [-0.2, -0.15) is 0 Å². The highest BCUT2D eigenvalue weighted by Crippen LogP contribution is 2.45. The molecular weight excluding hydrogens is 246 g/mol. The molecule has 1 aliphatic carbocycles. The third-order valence-electron chi connectivity index (χ3n) is 3.50. The molecule has 0 unspecified atom stereocenters. The summed E-state index contributed by atoms with van der Waals surface area (Å²) in [5.41, 5.74) is 1.11. The first kappa shape index (κ1) is 13.4. The smallest absolute Gasteiger partial charge is 0.180 e. The summed E-state index contributed by atoms with van der Waals surface area (Å²) in [5.74, 6) is 0.211. The number of para-hydroxylation sites is 1. The molecule has 0 radical (unpaired) electrons. The van der Waals surface area contributed by atoms with E-state index in [1.807, 2.05) is 19.1 Å². The Morgan fingerprint density at radius 1 is 1.28 bits per heavy atom. The molecule has 3 nitrogen and oxygen atoms in total. The fraction of sp³-hybridized carbons (Fsp3) is 0.571. The quantitative estimate of drug-likeness (QED) is 0.861. The van der Waals surface area contributed by atoms with E-state index in [0.717, 1.165) is 12.2 Å². The van der Waals surface area contributed by atoms with Gasteiger partial charge in [0.2, 0.25) is 0 Å². The third kappa shape index (κ3) is 3.05. The number of benzene rings is 1. The van der Waals surface area contributed by atoms with Crippen molar-refractivity contribution in [2.24, 2.45) is 5.41 Å². The number of sulfone groups is 1. The van der Waals surface area contributed by atoms with Crippen molar-refractivity contribution < 1.29 is 8.42 Å². The van der Waals surface area contributed by atoms with Crippen LogP contribution in [0.25, 0.3) is 0 Å². The fourth-order valence-electron chi connectivity index (χ4n) is 1.96. The number of hydrogen-bond donors (Lipinski definition) is 1. The van der Waals surface area contributed by atoms with E-state index < -0.39 is 9.84 Å². The van der Waals surface area contributed by atoms with Gasteiger partial charge in [-0.3, -0.25) is 0 Å². The van der Waals surface area contributed by atoms with Crippen LogP contribution in [-0.2, 0) is 9.84 Å². The average molecular weight is 267 g/mol. The SMILES string of the molecule is CCCS(=O)(=O)c1ccccc1NCC1(C)CC1. The standard InChI is InChI=1S/C14H21NO2S/c1-3-10-18(16,17)13-7-5-4-6-12(13)15-11-14(2)8-9-14/h4-7,15H,3,8-11H2,1-2H3. The van der Waals surface area contributed by atoms with Crippen LogP contribution in [0.1, 0.15) is 33.1 Å². The van der Waals surface area contributed by atoms with Crippen molar-refractivity contribution in [2.45, 2.75) is 38.0 Å². The number of rotatable bonds is 6. The monoisotopic (exact) mass is 267 g/mol. The molecule has 0 atom stereocenters. The molecule has 0 bridgehead atoms. The van der Waals surface area contributed by atoms with Crippen molar-refractivity contribution >= 4 is 15.5 Å². The van der Waals surface area contributed by atoms with Crippen molar-refractivity contribution in [2.75, 3.05) is 17.6 Å². The van der Waals surface area contributed by atoms with Crippen LogP contribution in [-0.4, -0.2) is 20.7 Å². The van der Waals surface area contributed by atoms with E-state index in [2.05, 4.69) is 12.2 Å². The molecule has 4 heteroatoms. The normalized spacial score (nSPS) is 17.4. The minimum absolute atomic E-state index is 0.211. The van der Waals surface area contributed by atoms with E-state index in [4.69, 9.17) is 0 Å². The van der Waals surface area contributed by atoms with Gasteiger partial charge in [0.15, 0.2) is 9.84 Å². The molecule has 0 aromatic heterocycles. The molecule has 1 aromatic carbocycles. The van der Waals surface area contributed by atoms with Crippen LogP contribution in [0.3, 0.4) is 0 Å². The molecule has 0 amide bonds. The minimum Gasteiger partial charge on any atom is -0.383 e.